The highest BCUT2D eigenvalue weighted by molar-refractivity contribution is 5.74. The maximum atomic E-state index is 11.4. The Labute approximate surface area is 80.2 Å². The zero-order chi connectivity index (χ0) is 10.3. The van der Waals surface area contributed by atoms with Crippen molar-refractivity contribution in [2.24, 2.45) is 0 Å². The molecule has 0 unspecified atom stereocenters. The Morgan fingerprint density at radius 3 is 2.54 bits per heavy atom. The van der Waals surface area contributed by atoms with Crippen LogP contribution < -0.4 is 5.32 Å². The molecule has 0 aliphatic heterocycles. The second-order valence-corrected chi connectivity index (χ2v) is 3.12. The van der Waals surface area contributed by atoms with E-state index < -0.39 is 0 Å². The van der Waals surface area contributed by atoms with Crippen molar-refractivity contribution in [1.82, 2.24) is 10.2 Å². The average Bonchev–Trinajstić information content (AvgIpc) is 2.05. The lowest BCUT2D eigenvalue weighted by atomic mass is 10.3. The van der Waals surface area contributed by atoms with Crippen molar-refractivity contribution in [3.8, 4) is 0 Å². The molecule has 0 aromatic heterocycles. The Kier molecular flexibility index (Phi) is 6.32. The number of ether oxygens (including phenoxy) is 1. The Hall–Kier alpha value is -0.770. The molecule has 0 aliphatic rings. The Morgan fingerprint density at radius 1 is 1.54 bits per heavy atom. The molecule has 0 atom stereocenters. The lowest BCUT2D eigenvalue weighted by Crippen LogP contribution is -2.45. The minimum Gasteiger partial charge on any atom is -0.383 e. The van der Waals surface area contributed by atoms with E-state index in [0.717, 1.165) is 0 Å². The number of nitrogens with one attached hydrogen (secondary N) is 1. The quantitative estimate of drug-likeness (QED) is 0.701. The number of carbonyl (C=O) groups excluding carboxylic acids is 1. The number of methoxy groups -OCH3 is 1. The summed E-state index contributed by atoms with van der Waals surface area (Å²) < 4.78 is 4.93. The zero-order valence-electron chi connectivity index (χ0n) is 8.96. The second-order valence-electron chi connectivity index (χ2n) is 3.12. The van der Waals surface area contributed by atoms with Gasteiger partial charge in [-0.1, -0.05) is 0 Å². The van der Waals surface area contributed by atoms with Crippen molar-refractivity contribution in [3.05, 3.63) is 0 Å². The van der Waals surface area contributed by atoms with Crippen molar-refractivity contribution in [1.29, 1.82) is 0 Å². The smallest absolute Gasteiger partial charge is 0.317 e. The SMILES string of the molecule is CCNC(=O)N(CCOC)C(C)C. The van der Waals surface area contributed by atoms with Gasteiger partial charge in [-0.05, 0) is 20.8 Å². The van der Waals surface area contributed by atoms with E-state index in [1.807, 2.05) is 20.8 Å². The molecule has 0 spiro atoms. The highest BCUT2D eigenvalue weighted by Crippen LogP contribution is 1.98. The van der Waals surface area contributed by atoms with Crippen LogP contribution in [0, 0.1) is 0 Å². The highest BCUT2D eigenvalue weighted by atomic mass is 16.5. The fourth-order valence-corrected chi connectivity index (χ4v) is 1.04. The van der Waals surface area contributed by atoms with Crippen LogP contribution in [0.4, 0.5) is 4.79 Å². The molecule has 0 aliphatic carbocycles. The fourth-order valence-electron chi connectivity index (χ4n) is 1.04. The number of urea groups is 1. The predicted molar refractivity (Wildman–Crippen MR) is 52.8 cm³/mol. The van der Waals surface area contributed by atoms with Gasteiger partial charge < -0.3 is 15.0 Å². The molecule has 0 bridgehead atoms. The van der Waals surface area contributed by atoms with Crippen LogP contribution >= 0.6 is 0 Å². The number of hydrogen-bond acceptors (Lipinski definition) is 2. The molecule has 1 N–H and O–H groups in total. The summed E-state index contributed by atoms with van der Waals surface area (Å²) in [6.07, 6.45) is 0. The molecular weight excluding hydrogens is 168 g/mol. The summed E-state index contributed by atoms with van der Waals surface area (Å²) in [5.41, 5.74) is 0. The van der Waals surface area contributed by atoms with E-state index in [1.54, 1.807) is 12.0 Å². The largest absolute Gasteiger partial charge is 0.383 e. The van der Waals surface area contributed by atoms with E-state index in [9.17, 15) is 4.79 Å². The van der Waals surface area contributed by atoms with Crippen LogP contribution in [0.15, 0.2) is 0 Å². The molecule has 0 heterocycles. The standard InChI is InChI=1S/C9H20N2O2/c1-5-10-9(12)11(8(2)3)6-7-13-4/h8H,5-7H2,1-4H3,(H,10,12). The minimum absolute atomic E-state index is 0.0189. The first-order valence-corrected chi connectivity index (χ1v) is 4.66. The number of nitrogens with zero attached hydrogens (tertiary/aromatic N) is 1. The third kappa shape index (κ3) is 4.72. The normalized spacial score (nSPS) is 10.2. The summed E-state index contributed by atoms with van der Waals surface area (Å²) in [6.45, 7) is 7.77. The van der Waals surface area contributed by atoms with E-state index >= 15 is 0 Å². The van der Waals surface area contributed by atoms with Gasteiger partial charge in [0.05, 0.1) is 6.61 Å². The predicted octanol–water partition coefficient (Wildman–Crippen LogP) is 1.07. The third-order valence-electron chi connectivity index (χ3n) is 1.75. The van der Waals surface area contributed by atoms with Crippen molar-refractivity contribution in [2.75, 3.05) is 26.8 Å². The molecule has 0 aromatic carbocycles. The van der Waals surface area contributed by atoms with Gasteiger partial charge in [0.2, 0.25) is 0 Å². The third-order valence-corrected chi connectivity index (χ3v) is 1.75. The number of amides is 2. The second kappa shape index (κ2) is 6.71. The molecule has 2 amide bonds. The van der Waals surface area contributed by atoms with Gasteiger partial charge in [0.1, 0.15) is 0 Å². The van der Waals surface area contributed by atoms with Crippen molar-refractivity contribution >= 4 is 6.03 Å². The van der Waals surface area contributed by atoms with Crippen LogP contribution in [-0.4, -0.2) is 43.8 Å². The van der Waals surface area contributed by atoms with Crippen molar-refractivity contribution < 1.29 is 9.53 Å². The maximum Gasteiger partial charge on any atom is 0.317 e. The van der Waals surface area contributed by atoms with Crippen LogP contribution in [0.5, 0.6) is 0 Å². The van der Waals surface area contributed by atoms with Crippen LogP contribution in [0.3, 0.4) is 0 Å². The first kappa shape index (κ1) is 12.2. The summed E-state index contributed by atoms with van der Waals surface area (Å²) in [7, 11) is 1.64. The van der Waals surface area contributed by atoms with Gasteiger partial charge in [-0.15, -0.1) is 0 Å². The Balaban J connectivity index is 3.99. The van der Waals surface area contributed by atoms with Crippen molar-refractivity contribution in [2.45, 2.75) is 26.8 Å². The maximum absolute atomic E-state index is 11.4. The van der Waals surface area contributed by atoms with Gasteiger partial charge in [0.15, 0.2) is 0 Å². The monoisotopic (exact) mass is 188 g/mol. The number of hydrogen-bond donors (Lipinski definition) is 1. The first-order chi connectivity index (χ1) is 6.13. The minimum atomic E-state index is -0.0189. The molecular formula is C9H20N2O2. The van der Waals surface area contributed by atoms with Crippen LogP contribution in [0.1, 0.15) is 20.8 Å². The molecule has 0 rings (SSSR count). The van der Waals surface area contributed by atoms with Crippen LogP contribution in [0.2, 0.25) is 0 Å². The number of carbonyl (C=O) groups is 1. The molecule has 13 heavy (non-hydrogen) atoms. The Morgan fingerprint density at radius 2 is 2.15 bits per heavy atom. The molecule has 0 saturated heterocycles. The molecule has 78 valence electrons. The highest BCUT2D eigenvalue weighted by Gasteiger charge is 2.14. The topological polar surface area (TPSA) is 41.6 Å². The lowest BCUT2D eigenvalue weighted by Gasteiger charge is -2.26. The van der Waals surface area contributed by atoms with Crippen molar-refractivity contribution in [3.63, 3.8) is 0 Å². The molecule has 0 saturated carbocycles. The van der Waals surface area contributed by atoms with Gasteiger partial charge in [-0.25, -0.2) is 4.79 Å². The van der Waals surface area contributed by atoms with Crippen LogP contribution in [0.25, 0.3) is 0 Å². The summed E-state index contributed by atoms with van der Waals surface area (Å²) >= 11 is 0. The molecule has 0 aromatic rings. The van der Waals surface area contributed by atoms with Gasteiger partial charge >= 0.3 is 6.03 Å². The van der Waals surface area contributed by atoms with E-state index in [2.05, 4.69) is 5.32 Å². The molecule has 4 nitrogen and oxygen atoms in total. The zero-order valence-corrected chi connectivity index (χ0v) is 8.96. The number of rotatable bonds is 5. The lowest BCUT2D eigenvalue weighted by molar-refractivity contribution is 0.136. The fraction of sp³-hybridized carbons (Fsp3) is 0.889. The summed E-state index contributed by atoms with van der Waals surface area (Å²) in [6, 6.07) is 0.191. The summed E-state index contributed by atoms with van der Waals surface area (Å²) in [5, 5.41) is 2.77. The molecule has 0 fully saturated rings. The van der Waals surface area contributed by atoms with E-state index in [-0.39, 0.29) is 12.1 Å². The van der Waals surface area contributed by atoms with Crippen LogP contribution in [-0.2, 0) is 4.74 Å². The van der Waals surface area contributed by atoms with Gasteiger partial charge in [0, 0.05) is 26.2 Å². The average molecular weight is 188 g/mol. The first-order valence-electron chi connectivity index (χ1n) is 4.66. The summed E-state index contributed by atoms with van der Waals surface area (Å²) in [4.78, 5) is 13.2. The summed E-state index contributed by atoms with van der Waals surface area (Å²) in [5.74, 6) is 0. The molecule has 0 radical (unpaired) electrons. The molecule has 4 heteroatoms. The van der Waals surface area contributed by atoms with E-state index in [1.165, 1.54) is 0 Å². The van der Waals surface area contributed by atoms with E-state index in [4.69, 9.17) is 4.74 Å². The van der Waals surface area contributed by atoms with E-state index in [0.29, 0.717) is 19.7 Å². The van der Waals surface area contributed by atoms with Gasteiger partial charge in [-0.3, -0.25) is 0 Å². The van der Waals surface area contributed by atoms with Gasteiger partial charge in [0.25, 0.3) is 0 Å². The Bertz CT molecular complexity index is 149. The van der Waals surface area contributed by atoms with Gasteiger partial charge in [-0.2, -0.15) is 0 Å².